The van der Waals surface area contributed by atoms with Crippen molar-refractivity contribution in [3.63, 3.8) is 0 Å². The summed E-state index contributed by atoms with van der Waals surface area (Å²) >= 11 is 0. The Kier molecular flexibility index (Phi) is 3.68. The number of nitrogens with one attached hydrogen (secondary N) is 1. The van der Waals surface area contributed by atoms with Crippen molar-refractivity contribution in [2.45, 2.75) is 38.6 Å². The number of carbonyl (C=O) groups is 2. The van der Waals surface area contributed by atoms with Crippen LogP contribution in [0, 0.1) is 5.41 Å². The van der Waals surface area contributed by atoms with Crippen LogP contribution in [-0.4, -0.2) is 29.6 Å². The highest BCUT2D eigenvalue weighted by Crippen LogP contribution is 2.42. The van der Waals surface area contributed by atoms with Crippen LogP contribution in [0.3, 0.4) is 0 Å². The molecule has 1 fully saturated rings. The highest BCUT2D eigenvalue weighted by atomic mass is 16.4. The van der Waals surface area contributed by atoms with Crippen molar-refractivity contribution in [3.05, 3.63) is 0 Å². The van der Waals surface area contributed by atoms with E-state index in [2.05, 4.69) is 5.32 Å². The van der Waals surface area contributed by atoms with Gasteiger partial charge >= 0.3 is 5.97 Å². The van der Waals surface area contributed by atoms with E-state index in [-0.39, 0.29) is 11.3 Å². The van der Waals surface area contributed by atoms with E-state index in [1.54, 1.807) is 0 Å². The van der Waals surface area contributed by atoms with Gasteiger partial charge in [-0.15, -0.1) is 0 Å². The summed E-state index contributed by atoms with van der Waals surface area (Å²) < 4.78 is 0. The molecule has 4 N–H and O–H groups in total. The largest absolute Gasteiger partial charge is 0.480 e. The number of hydrogen-bond acceptors (Lipinski definition) is 3. The van der Waals surface area contributed by atoms with E-state index >= 15 is 0 Å². The Morgan fingerprint density at radius 2 is 2.13 bits per heavy atom. The molecule has 1 saturated carbocycles. The maximum absolute atomic E-state index is 11.5. The lowest BCUT2D eigenvalue weighted by Gasteiger charge is -2.40. The van der Waals surface area contributed by atoms with E-state index in [1.165, 1.54) is 6.92 Å². The Labute approximate surface area is 89.0 Å². The third-order valence-corrected chi connectivity index (χ3v) is 3.13. The van der Waals surface area contributed by atoms with Gasteiger partial charge in [0.1, 0.15) is 6.04 Å². The van der Waals surface area contributed by atoms with Gasteiger partial charge in [-0.25, -0.2) is 0 Å². The van der Waals surface area contributed by atoms with Gasteiger partial charge < -0.3 is 16.2 Å². The van der Waals surface area contributed by atoms with Crippen LogP contribution < -0.4 is 11.1 Å². The topological polar surface area (TPSA) is 92.4 Å². The van der Waals surface area contributed by atoms with Crippen molar-refractivity contribution in [1.29, 1.82) is 0 Å². The zero-order valence-corrected chi connectivity index (χ0v) is 8.95. The van der Waals surface area contributed by atoms with Crippen molar-refractivity contribution in [2.75, 3.05) is 6.54 Å². The van der Waals surface area contributed by atoms with E-state index < -0.39 is 12.0 Å². The summed E-state index contributed by atoms with van der Waals surface area (Å²) in [6.45, 7) is 1.96. The molecule has 0 spiro atoms. The molecule has 0 aromatic rings. The third-order valence-electron chi connectivity index (χ3n) is 3.13. The molecule has 0 unspecified atom stereocenters. The highest BCUT2D eigenvalue weighted by molar-refractivity contribution is 5.83. The van der Waals surface area contributed by atoms with E-state index in [1.807, 2.05) is 0 Å². The summed E-state index contributed by atoms with van der Waals surface area (Å²) in [6.07, 6.45) is 3.40. The number of carboxylic acid groups (broad SMARTS) is 1. The highest BCUT2D eigenvalue weighted by Gasteiger charge is 2.37. The normalized spacial score (nSPS) is 20.1. The van der Waals surface area contributed by atoms with Gasteiger partial charge in [0.05, 0.1) is 0 Å². The molecule has 0 radical (unpaired) electrons. The monoisotopic (exact) mass is 214 g/mol. The van der Waals surface area contributed by atoms with Gasteiger partial charge in [-0.2, -0.15) is 0 Å². The predicted molar refractivity (Wildman–Crippen MR) is 55.2 cm³/mol. The number of hydrogen-bond donors (Lipinski definition) is 3. The van der Waals surface area contributed by atoms with Crippen molar-refractivity contribution in [3.8, 4) is 0 Å². The van der Waals surface area contributed by atoms with E-state index in [0.717, 1.165) is 19.3 Å². The minimum absolute atomic E-state index is 0.0672. The molecule has 86 valence electrons. The van der Waals surface area contributed by atoms with Gasteiger partial charge in [-0.1, -0.05) is 6.42 Å². The molecule has 1 atom stereocenters. The summed E-state index contributed by atoms with van der Waals surface area (Å²) in [4.78, 5) is 22.0. The maximum Gasteiger partial charge on any atom is 0.325 e. The van der Waals surface area contributed by atoms with E-state index in [4.69, 9.17) is 10.8 Å². The lowest BCUT2D eigenvalue weighted by Crippen LogP contribution is -2.45. The smallest absolute Gasteiger partial charge is 0.325 e. The Morgan fingerprint density at radius 1 is 1.53 bits per heavy atom. The summed E-state index contributed by atoms with van der Waals surface area (Å²) in [5.74, 6) is -1.23. The van der Waals surface area contributed by atoms with Crippen LogP contribution >= 0.6 is 0 Å². The zero-order chi connectivity index (χ0) is 11.5. The van der Waals surface area contributed by atoms with Crippen molar-refractivity contribution >= 4 is 11.9 Å². The van der Waals surface area contributed by atoms with Crippen LogP contribution in [0.2, 0.25) is 0 Å². The van der Waals surface area contributed by atoms with Crippen LogP contribution in [0.1, 0.15) is 32.6 Å². The summed E-state index contributed by atoms with van der Waals surface area (Å²) in [5.41, 5.74) is 5.54. The minimum atomic E-state index is -1.02. The van der Waals surface area contributed by atoms with Crippen LogP contribution in [0.4, 0.5) is 0 Å². The molecule has 1 aliphatic carbocycles. The molecular weight excluding hydrogens is 196 g/mol. The molecule has 0 bridgehead atoms. The molecule has 0 aromatic carbocycles. The first-order valence-electron chi connectivity index (χ1n) is 5.21. The number of nitrogens with two attached hydrogens (primary N) is 1. The first-order valence-corrected chi connectivity index (χ1v) is 5.21. The SMILES string of the molecule is C[C@@H](NC(=O)CC1(CN)CCC1)C(=O)O. The molecule has 1 aliphatic rings. The van der Waals surface area contributed by atoms with Gasteiger partial charge in [0.25, 0.3) is 0 Å². The fraction of sp³-hybridized carbons (Fsp3) is 0.800. The van der Waals surface area contributed by atoms with Gasteiger partial charge in [0.2, 0.25) is 5.91 Å². The fourth-order valence-electron chi connectivity index (χ4n) is 1.82. The van der Waals surface area contributed by atoms with Crippen molar-refractivity contribution < 1.29 is 14.7 Å². The Morgan fingerprint density at radius 3 is 2.47 bits per heavy atom. The summed E-state index contributed by atoms with van der Waals surface area (Å²) in [5, 5.41) is 11.1. The second-order valence-electron chi connectivity index (χ2n) is 4.36. The van der Waals surface area contributed by atoms with Gasteiger partial charge in [-0.05, 0) is 31.7 Å². The second-order valence-corrected chi connectivity index (χ2v) is 4.36. The second kappa shape index (κ2) is 4.61. The molecule has 1 amide bonds. The average Bonchev–Trinajstić information content (AvgIpc) is 2.11. The molecule has 5 heteroatoms. The molecular formula is C10H18N2O3. The molecule has 1 rings (SSSR count). The Hall–Kier alpha value is -1.10. The Balaban J connectivity index is 2.38. The van der Waals surface area contributed by atoms with Crippen LogP contribution in [-0.2, 0) is 9.59 Å². The summed E-state index contributed by atoms with van der Waals surface area (Å²) in [7, 11) is 0. The molecule has 0 aromatic heterocycles. The molecule has 0 aliphatic heterocycles. The quantitative estimate of drug-likeness (QED) is 0.605. The number of aliphatic carboxylic acids is 1. The van der Waals surface area contributed by atoms with Crippen LogP contribution in [0.25, 0.3) is 0 Å². The number of rotatable bonds is 5. The zero-order valence-electron chi connectivity index (χ0n) is 8.95. The minimum Gasteiger partial charge on any atom is -0.480 e. The van der Waals surface area contributed by atoms with Gasteiger partial charge in [0, 0.05) is 6.42 Å². The number of carboxylic acids is 1. The molecule has 15 heavy (non-hydrogen) atoms. The van der Waals surface area contributed by atoms with Gasteiger partial charge in [-0.3, -0.25) is 9.59 Å². The predicted octanol–water partition coefficient (Wildman–Crippen LogP) is 0.0948. The number of carbonyl (C=O) groups excluding carboxylic acids is 1. The average molecular weight is 214 g/mol. The van der Waals surface area contributed by atoms with Crippen molar-refractivity contribution in [1.82, 2.24) is 5.32 Å². The standard InChI is InChI=1S/C10H18N2O3/c1-7(9(14)15)12-8(13)5-10(6-11)3-2-4-10/h7H,2-6,11H2,1H3,(H,12,13)(H,14,15)/t7-/m1/s1. The van der Waals surface area contributed by atoms with Gasteiger partial charge in [0.15, 0.2) is 0 Å². The Bertz CT molecular complexity index is 256. The third kappa shape index (κ3) is 2.92. The van der Waals surface area contributed by atoms with Crippen molar-refractivity contribution in [2.24, 2.45) is 11.1 Å². The first kappa shape index (κ1) is 12.0. The first-order chi connectivity index (χ1) is 6.99. The lowest BCUT2D eigenvalue weighted by atomic mass is 9.66. The van der Waals surface area contributed by atoms with Crippen LogP contribution in [0.15, 0.2) is 0 Å². The van der Waals surface area contributed by atoms with Crippen LogP contribution in [0.5, 0.6) is 0 Å². The fourth-order valence-corrected chi connectivity index (χ4v) is 1.82. The maximum atomic E-state index is 11.5. The molecule has 0 heterocycles. The van der Waals surface area contributed by atoms with E-state index in [0.29, 0.717) is 13.0 Å². The lowest BCUT2D eigenvalue weighted by molar-refractivity contribution is -0.141. The van der Waals surface area contributed by atoms with E-state index in [9.17, 15) is 9.59 Å². The number of amides is 1. The molecule has 0 saturated heterocycles. The molecule has 5 nitrogen and oxygen atoms in total. The summed E-state index contributed by atoms with van der Waals surface area (Å²) in [6, 6.07) is -0.826.